The van der Waals surface area contributed by atoms with Gasteiger partial charge < -0.3 is 9.47 Å². The molecule has 27 heavy (non-hydrogen) atoms. The van der Waals surface area contributed by atoms with Gasteiger partial charge >= 0.3 is 0 Å². The van der Waals surface area contributed by atoms with E-state index in [0.717, 1.165) is 37.6 Å². The summed E-state index contributed by atoms with van der Waals surface area (Å²) in [5.74, 6) is 1.29. The van der Waals surface area contributed by atoms with E-state index in [1.165, 1.54) is 12.1 Å². The summed E-state index contributed by atoms with van der Waals surface area (Å²) in [4.78, 5) is 21.7. The molecule has 1 aromatic carbocycles. The van der Waals surface area contributed by atoms with Crippen molar-refractivity contribution >= 4 is 5.91 Å². The molecule has 0 unspecified atom stereocenters. The lowest BCUT2D eigenvalue weighted by molar-refractivity contribution is -0.134. The summed E-state index contributed by atoms with van der Waals surface area (Å²) in [6.45, 7) is 10.2. The van der Waals surface area contributed by atoms with Crippen molar-refractivity contribution in [3.05, 3.63) is 53.9 Å². The van der Waals surface area contributed by atoms with Crippen LogP contribution in [0.5, 0.6) is 0 Å². The number of nitrogens with zero attached hydrogens (tertiary/aromatic N) is 4. The quantitative estimate of drug-likeness (QED) is 0.781. The van der Waals surface area contributed by atoms with E-state index in [9.17, 15) is 9.18 Å². The van der Waals surface area contributed by atoms with E-state index in [1.807, 2.05) is 17.3 Å². The number of amides is 1. The second kappa shape index (κ2) is 8.65. The van der Waals surface area contributed by atoms with Crippen LogP contribution in [-0.2, 0) is 24.4 Å². The van der Waals surface area contributed by atoms with Gasteiger partial charge in [-0.2, -0.15) is 0 Å². The molecule has 0 bridgehead atoms. The average Bonchev–Trinajstić information content (AvgIpc) is 3.04. The van der Waals surface area contributed by atoms with E-state index in [2.05, 4.69) is 35.2 Å². The summed E-state index contributed by atoms with van der Waals surface area (Å²) >= 11 is 0. The first-order valence-corrected chi connectivity index (χ1v) is 9.74. The van der Waals surface area contributed by atoms with Gasteiger partial charge in [0.1, 0.15) is 11.6 Å². The average molecular weight is 372 g/mol. The van der Waals surface area contributed by atoms with Crippen LogP contribution in [0.25, 0.3) is 0 Å². The van der Waals surface area contributed by atoms with Crippen molar-refractivity contribution in [3.63, 3.8) is 0 Å². The Balaban J connectivity index is 1.77. The maximum atomic E-state index is 13.2. The van der Waals surface area contributed by atoms with E-state index in [1.54, 1.807) is 12.1 Å². The van der Waals surface area contributed by atoms with E-state index in [0.29, 0.717) is 18.9 Å². The Bertz CT molecular complexity index is 756. The highest BCUT2D eigenvalue weighted by Crippen LogP contribution is 2.22. The highest BCUT2D eigenvalue weighted by molar-refractivity contribution is 5.77. The molecule has 0 spiro atoms. The molecule has 0 saturated carbocycles. The third-order valence-corrected chi connectivity index (χ3v) is 5.35. The Morgan fingerprint density at radius 1 is 1.22 bits per heavy atom. The summed E-state index contributed by atoms with van der Waals surface area (Å²) in [6.07, 6.45) is 4.33. The molecule has 0 radical (unpaired) electrons. The second-order valence-corrected chi connectivity index (χ2v) is 7.57. The zero-order valence-corrected chi connectivity index (χ0v) is 16.4. The predicted molar refractivity (Wildman–Crippen MR) is 103 cm³/mol. The molecule has 5 nitrogen and oxygen atoms in total. The summed E-state index contributed by atoms with van der Waals surface area (Å²) in [5.41, 5.74) is 0.963. The number of halogens is 1. The SMILES string of the molecule is CCn1ccnc1CN1CCC(=O)N(Cc2ccc(F)cc2)[C@@H](C(C)C)C1. The van der Waals surface area contributed by atoms with Crippen LogP contribution in [0.1, 0.15) is 38.6 Å². The number of benzene rings is 1. The van der Waals surface area contributed by atoms with Crippen molar-refractivity contribution in [2.24, 2.45) is 5.92 Å². The maximum absolute atomic E-state index is 13.2. The zero-order valence-electron chi connectivity index (χ0n) is 16.4. The lowest BCUT2D eigenvalue weighted by atomic mass is 10.0. The largest absolute Gasteiger partial charge is 0.334 e. The fraction of sp³-hybridized carbons (Fsp3) is 0.524. The van der Waals surface area contributed by atoms with Gasteiger partial charge in [-0.15, -0.1) is 0 Å². The Hall–Kier alpha value is -2.21. The normalized spacial score (nSPS) is 18.9. The van der Waals surface area contributed by atoms with Crippen LogP contribution in [0, 0.1) is 11.7 Å². The van der Waals surface area contributed by atoms with Gasteiger partial charge in [0.15, 0.2) is 0 Å². The number of carbonyl (C=O) groups is 1. The first-order valence-electron chi connectivity index (χ1n) is 9.74. The molecule has 1 amide bonds. The lowest BCUT2D eigenvalue weighted by Crippen LogP contribution is -2.46. The van der Waals surface area contributed by atoms with Gasteiger partial charge in [-0.05, 0) is 30.5 Å². The van der Waals surface area contributed by atoms with Gasteiger partial charge in [0.05, 0.1) is 6.54 Å². The Morgan fingerprint density at radius 3 is 2.63 bits per heavy atom. The van der Waals surface area contributed by atoms with Crippen molar-refractivity contribution in [2.75, 3.05) is 13.1 Å². The van der Waals surface area contributed by atoms with Crippen molar-refractivity contribution in [3.8, 4) is 0 Å². The van der Waals surface area contributed by atoms with E-state index >= 15 is 0 Å². The predicted octanol–water partition coefficient (Wildman–Crippen LogP) is 3.30. The number of rotatable bonds is 6. The van der Waals surface area contributed by atoms with Crippen LogP contribution in [-0.4, -0.2) is 44.4 Å². The number of imidazole rings is 1. The molecule has 1 aromatic heterocycles. The highest BCUT2D eigenvalue weighted by Gasteiger charge is 2.32. The first-order chi connectivity index (χ1) is 13.0. The smallest absolute Gasteiger partial charge is 0.224 e. The molecule has 0 N–H and O–H groups in total. The lowest BCUT2D eigenvalue weighted by Gasteiger charge is -2.34. The van der Waals surface area contributed by atoms with Gasteiger partial charge in [0, 0.05) is 51.0 Å². The standard InChI is InChI=1S/C21H29FN4O/c1-4-25-12-10-23-20(25)15-24-11-9-21(27)26(19(14-24)16(2)3)13-17-5-7-18(22)8-6-17/h5-8,10,12,16,19H,4,9,11,13-15H2,1-3H3/t19-/m1/s1. The minimum atomic E-state index is -0.251. The van der Waals surface area contributed by atoms with Crippen molar-refractivity contribution in [1.29, 1.82) is 0 Å². The molecular weight excluding hydrogens is 343 g/mol. The number of aromatic nitrogens is 2. The number of carbonyl (C=O) groups excluding carboxylic acids is 1. The number of aryl methyl sites for hydroxylation is 1. The Kier molecular flexibility index (Phi) is 6.26. The summed E-state index contributed by atoms with van der Waals surface area (Å²) in [6, 6.07) is 6.56. The molecular formula is C21H29FN4O. The molecule has 1 atom stereocenters. The summed E-state index contributed by atoms with van der Waals surface area (Å²) < 4.78 is 15.4. The molecule has 1 aliphatic heterocycles. The molecule has 146 valence electrons. The van der Waals surface area contributed by atoms with Crippen LogP contribution >= 0.6 is 0 Å². The first kappa shape index (κ1) is 19.5. The fourth-order valence-electron chi connectivity index (χ4n) is 3.72. The van der Waals surface area contributed by atoms with Crippen molar-refractivity contribution < 1.29 is 9.18 Å². The van der Waals surface area contributed by atoms with Gasteiger partial charge in [0.25, 0.3) is 0 Å². The van der Waals surface area contributed by atoms with Crippen molar-refractivity contribution in [1.82, 2.24) is 19.4 Å². The summed E-state index contributed by atoms with van der Waals surface area (Å²) in [7, 11) is 0. The van der Waals surface area contributed by atoms with E-state index in [-0.39, 0.29) is 17.8 Å². The molecule has 0 aliphatic carbocycles. The molecule has 1 aliphatic rings. The van der Waals surface area contributed by atoms with E-state index in [4.69, 9.17) is 0 Å². The zero-order chi connectivity index (χ0) is 19.4. The minimum absolute atomic E-state index is 0.120. The summed E-state index contributed by atoms with van der Waals surface area (Å²) in [5, 5.41) is 0. The van der Waals surface area contributed by atoms with Gasteiger partial charge in [-0.25, -0.2) is 9.37 Å². The van der Waals surface area contributed by atoms with Crippen LogP contribution in [0.15, 0.2) is 36.7 Å². The topological polar surface area (TPSA) is 41.4 Å². The number of hydrogen-bond acceptors (Lipinski definition) is 3. The van der Waals surface area contributed by atoms with Crippen molar-refractivity contribution in [2.45, 2.75) is 52.9 Å². The Labute approximate surface area is 160 Å². The molecule has 1 fully saturated rings. The van der Waals surface area contributed by atoms with Gasteiger partial charge in [-0.3, -0.25) is 9.69 Å². The Morgan fingerprint density at radius 2 is 1.96 bits per heavy atom. The van der Waals surface area contributed by atoms with Gasteiger partial charge in [-0.1, -0.05) is 26.0 Å². The van der Waals surface area contributed by atoms with Crippen LogP contribution in [0.4, 0.5) is 4.39 Å². The van der Waals surface area contributed by atoms with E-state index < -0.39 is 0 Å². The third kappa shape index (κ3) is 4.75. The maximum Gasteiger partial charge on any atom is 0.224 e. The van der Waals surface area contributed by atoms with Crippen LogP contribution < -0.4 is 0 Å². The second-order valence-electron chi connectivity index (χ2n) is 7.57. The molecule has 2 heterocycles. The minimum Gasteiger partial charge on any atom is -0.334 e. The van der Waals surface area contributed by atoms with Crippen LogP contribution in [0.3, 0.4) is 0 Å². The highest BCUT2D eigenvalue weighted by atomic mass is 19.1. The number of hydrogen-bond donors (Lipinski definition) is 0. The van der Waals surface area contributed by atoms with Gasteiger partial charge in [0.2, 0.25) is 5.91 Å². The molecule has 2 aromatic rings. The monoisotopic (exact) mass is 372 g/mol. The third-order valence-electron chi connectivity index (χ3n) is 5.35. The fourth-order valence-corrected chi connectivity index (χ4v) is 3.72. The molecule has 6 heteroatoms. The molecule has 3 rings (SSSR count). The van der Waals surface area contributed by atoms with Crippen LogP contribution in [0.2, 0.25) is 0 Å². The molecule has 1 saturated heterocycles.